The lowest BCUT2D eigenvalue weighted by atomic mass is 10.1. The maximum Gasteiger partial charge on any atom is 0.340 e. The van der Waals surface area contributed by atoms with Crippen molar-refractivity contribution in [3.63, 3.8) is 0 Å². The highest BCUT2D eigenvalue weighted by Crippen LogP contribution is 2.29. The van der Waals surface area contributed by atoms with E-state index in [0.29, 0.717) is 23.9 Å². The third-order valence-corrected chi connectivity index (χ3v) is 4.38. The molecule has 4 nitrogen and oxygen atoms in total. The summed E-state index contributed by atoms with van der Waals surface area (Å²) in [5.74, 6) is 1.86. The Morgan fingerprint density at radius 2 is 2.37 bits per heavy atom. The van der Waals surface area contributed by atoms with Crippen molar-refractivity contribution in [3.05, 3.63) is 23.8 Å². The van der Waals surface area contributed by atoms with Gasteiger partial charge >= 0.3 is 5.97 Å². The zero-order valence-corrected chi connectivity index (χ0v) is 12.2. The summed E-state index contributed by atoms with van der Waals surface area (Å²) in [7, 11) is 0. The minimum atomic E-state index is -0.296. The number of benzene rings is 1. The monoisotopic (exact) mass is 280 g/mol. The fourth-order valence-corrected chi connectivity index (χ4v) is 3.28. The van der Waals surface area contributed by atoms with Crippen molar-refractivity contribution in [2.75, 3.05) is 35.3 Å². The average molecular weight is 280 g/mol. The zero-order chi connectivity index (χ0) is 13.8. The third kappa shape index (κ3) is 3.15. The van der Waals surface area contributed by atoms with E-state index in [4.69, 9.17) is 10.5 Å². The van der Waals surface area contributed by atoms with Crippen molar-refractivity contribution in [1.82, 2.24) is 0 Å². The summed E-state index contributed by atoms with van der Waals surface area (Å²) in [5.41, 5.74) is 7.88. The van der Waals surface area contributed by atoms with Crippen LogP contribution in [0.15, 0.2) is 18.2 Å². The van der Waals surface area contributed by atoms with E-state index < -0.39 is 0 Å². The number of hydrogen-bond acceptors (Lipinski definition) is 5. The zero-order valence-electron chi connectivity index (χ0n) is 11.4. The van der Waals surface area contributed by atoms with Gasteiger partial charge in [-0.15, -0.1) is 0 Å². The normalized spacial score (nSPS) is 19.3. The molecule has 1 fully saturated rings. The number of ether oxygens (including phenoxy) is 1. The number of hydrogen-bond donors (Lipinski definition) is 1. The van der Waals surface area contributed by atoms with Gasteiger partial charge in [0.05, 0.1) is 17.9 Å². The first-order chi connectivity index (χ1) is 9.13. The topological polar surface area (TPSA) is 55.6 Å². The molecule has 19 heavy (non-hydrogen) atoms. The van der Waals surface area contributed by atoms with Gasteiger partial charge in [-0.2, -0.15) is 11.8 Å². The highest BCUT2D eigenvalue weighted by Gasteiger charge is 2.24. The maximum absolute atomic E-state index is 12.1. The number of nitrogens with two attached hydrogens (primary N) is 1. The minimum Gasteiger partial charge on any atom is -0.462 e. The quantitative estimate of drug-likeness (QED) is 0.680. The number of nitrogens with zero attached hydrogens (tertiary/aromatic N) is 1. The lowest BCUT2D eigenvalue weighted by Gasteiger charge is -2.36. The van der Waals surface area contributed by atoms with Crippen LogP contribution in [0.3, 0.4) is 0 Å². The summed E-state index contributed by atoms with van der Waals surface area (Å²) in [6, 6.07) is 5.89. The van der Waals surface area contributed by atoms with E-state index >= 15 is 0 Å². The van der Waals surface area contributed by atoms with Crippen molar-refractivity contribution >= 4 is 29.1 Å². The molecular formula is C14H20N2O2S. The molecule has 0 bridgehead atoms. The second-order valence-electron chi connectivity index (χ2n) is 4.61. The van der Waals surface area contributed by atoms with Crippen LogP contribution < -0.4 is 10.6 Å². The summed E-state index contributed by atoms with van der Waals surface area (Å²) >= 11 is 1.95. The first kappa shape index (κ1) is 14.1. The van der Waals surface area contributed by atoms with Gasteiger partial charge in [0.15, 0.2) is 0 Å². The second kappa shape index (κ2) is 6.19. The molecule has 1 aromatic rings. The largest absolute Gasteiger partial charge is 0.462 e. The Kier molecular flexibility index (Phi) is 4.58. The first-order valence-electron chi connectivity index (χ1n) is 6.54. The van der Waals surface area contributed by atoms with E-state index in [9.17, 15) is 4.79 Å². The van der Waals surface area contributed by atoms with Crippen molar-refractivity contribution in [3.8, 4) is 0 Å². The molecule has 1 aromatic carbocycles. The molecule has 1 aliphatic heterocycles. The molecule has 1 aliphatic rings. The van der Waals surface area contributed by atoms with E-state index in [1.54, 1.807) is 6.07 Å². The summed E-state index contributed by atoms with van der Waals surface area (Å²) in [6.45, 7) is 5.31. The Bertz CT molecular complexity index is 465. The smallest absolute Gasteiger partial charge is 0.340 e. The lowest BCUT2D eigenvalue weighted by Crippen LogP contribution is -2.41. The van der Waals surface area contributed by atoms with Gasteiger partial charge in [0.1, 0.15) is 0 Å². The minimum absolute atomic E-state index is 0.296. The summed E-state index contributed by atoms with van der Waals surface area (Å²) < 4.78 is 5.12. The predicted molar refractivity (Wildman–Crippen MR) is 80.9 cm³/mol. The Labute approximate surface area is 118 Å². The SMILES string of the molecule is CCOC(=O)c1cc(N)ccc1N1CCSCC1C. The molecule has 1 saturated heterocycles. The van der Waals surface area contributed by atoms with E-state index in [-0.39, 0.29) is 5.97 Å². The second-order valence-corrected chi connectivity index (χ2v) is 5.76. The summed E-state index contributed by atoms with van der Waals surface area (Å²) in [6.07, 6.45) is 0. The van der Waals surface area contributed by atoms with Crippen LogP contribution >= 0.6 is 11.8 Å². The predicted octanol–water partition coefficient (Wildman–Crippen LogP) is 2.39. The first-order valence-corrected chi connectivity index (χ1v) is 7.70. The van der Waals surface area contributed by atoms with Crippen LogP contribution in [0.25, 0.3) is 0 Å². The number of anilines is 2. The van der Waals surface area contributed by atoms with Gasteiger partial charge in [0.25, 0.3) is 0 Å². The molecule has 0 saturated carbocycles. The number of carbonyl (C=O) groups excluding carboxylic acids is 1. The molecule has 0 radical (unpaired) electrons. The molecule has 104 valence electrons. The van der Waals surface area contributed by atoms with Gasteiger partial charge in [-0.25, -0.2) is 4.79 Å². The average Bonchev–Trinajstić information content (AvgIpc) is 2.40. The van der Waals surface area contributed by atoms with Crippen LogP contribution in [0, 0.1) is 0 Å². The fraction of sp³-hybridized carbons (Fsp3) is 0.500. The van der Waals surface area contributed by atoms with E-state index in [1.807, 2.05) is 30.8 Å². The summed E-state index contributed by atoms with van der Waals surface area (Å²) in [4.78, 5) is 14.3. The Morgan fingerprint density at radius 1 is 1.58 bits per heavy atom. The highest BCUT2D eigenvalue weighted by atomic mass is 32.2. The molecule has 5 heteroatoms. The highest BCUT2D eigenvalue weighted by molar-refractivity contribution is 7.99. The molecule has 0 aliphatic carbocycles. The number of nitrogen functional groups attached to an aromatic ring is 1. The lowest BCUT2D eigenvalue weighted by molar-refractivity contribution is 0.0527. The molecule has 0 amide bonds. The molecule has 0 aromatic heterocycles. The molecule has 1 atom stereocenters. The summed E-state index contributed by atoms with van der Waals surface area (Å²) in [5, 5.41) is 0. The molecule has 2 N–H and O–H groups in total. The Hall–Kier alpha value is -1.36. The van der Waals surface area contributed by atoms with Crippen LogP contribution in [0.4, 0.5) is 11.4 Å². The van der Waals surface area contributed by atoms with Gasteiger partial charge in [0, 0.05) is 29.8 Å². The van der Waals surface area contributed by atoms with Gasteiger partial charge in [-0.05, 0) is 32.0 Å². The van der Waals surface area contributed by atoms with Crippen molar-refractivity contribution < 1.29 is 9.53 Å². The maximum atomic E-state index is 12.1. The van der Waals surface area contributed by atoms with E-state index in [2.05, 4.69) is 11.8 Å². The Balaban J connectivity index is 2.35. The number of esters is 1. The van der Waals surface area contributed by atoms with Crippen molar-refractivity contribution in [1.29, 1.82) is 0 Å². The van der Waals surface area contributed by atoms with Crippen LogP contribution in [0.1, 0.15) is 24.2 Å². The van der Waals surface area contributed by atoms with Crippen LogP contribution in [-0.2, 0) is 4.74 Å². The van der Waals surface area contributed by atoms with Gasteiger partial charge in [-0.1, -0.05) is 0 Å². The fourth-order valence-electron chi connectivity index (χ4n) is 2.26. The van der Waals surface area contributed by atoms with Gasteiger partial charge in [0.2, 0.25) is 0 Å². The molecule has 1 heterocycles. The standard InChI is InChI=1S/C14H20N2O2S/c1-3-18-14(17)12-8-11(15)4-5-13(12)16-6-7-19-9-10(16)2/h4-5,8,10H,3,6-7,9,15H2,1-2H3. The molecule has 2 rings (SSSR count). The third-order valence-electron chi connectivity index (χ3n) is 3.19. The number of thioether (sulfide) groups is 1. The van der Waals surface area contributed by atoms with E-state index in [0.717, 1.165) is 23.7 Å². The van der Waals surface area contributed by atoms with Crippen LogP contribution in [0.5, 0.6) is 0 Å². The number of rotatable bonds is 3. The van der Waals surface area contributed by atoms with Gasteiger partial charge in [-0.3, -0.25) is 0 Å². The number of carbonyl (C=O) groups is 1. The molecule has 1 unspecified atom stereocenters. The van der Waals surface area contributed by atoms with Crippen LogP contribution in [-0.4, -0.2) is 36.7 Å². The molecule has 0 spiro atoms. The van der Waals surface area contributed by atoms with Crippen molar-refractivity contribution in [2.45, 2.75) is 19.9 Å². The van der Waals surface area contributed by atoms with Gasteiger partial charge < -0.3 is 15.4 Å². The van der Waals surface area contributed by atoms with Crippen molar-refractivity contribution in [2.24, 2.45) is 0 Å². The van der Waals surface area contributed by atoms with Crippen LogP contribution in [0.2, 0.25) is 0 Å². The Morgan fingerprint density at radius 3 is 3.05 bits per heavy atom. The molecular weight excluding hydrogens is 260 g/mol. The van der Waals surface area contributed by atoms with E-state index in [1.165, 1.54) is 0 Å².